The van der Waals surface area contributed by atoms with Gasteiger partial charge in [0.15, 0.2) is 0 Å². The van der Waals surface area contributed by atoms with Crippen LogP contribution in [-0.4, -0.2) is 6.61 Å². The van der Waals surface area contributed by atoms with E-state index in [2.05, 4.69) is 13.8 Å². The lowest BCUT2D eigenvalue weighted by molar-refractivity contribution is 0.0727. The van der Waals surface area contributed by atoms with Crippen molar-refractivity contribution in [2.24, 2.45) is 29.6 Å². The van der Waals surface area contributed by atoms with Gasteiger partial charge >= 0.3 is 0 Å². The van der Waals surface area contributed by atoms with E-state index in [4.69, 9.17) is 4.74 Å². The van der Waals surface area contributed by atoms with Crippen molar-refractivity contribution in [2.45, 2.75) is 90.4 Å². The molecule has 2 heteroatoms. The zero-order valence-corrected chi connectivity index (χ0v) is 18.0. The third kappa shape index (κ3) is 4.57. The second-order valence-corrected chi connectivity index (χ2v) is 10.2. The summed E-state index contributed by atoms with van der Waals surface area (Å²) >= 11 is 0. The second-order valence-electron chi connectivity index (χ2n) is 10.2. The van der Waals surface area contributed by atoms with E-state index >= 15 is 0 Å². The van der Waals surface area contributed by atoms with E-state index in [0.717, 1.165) is 41.6 Å². The fourth-order valence-electron chi connectivity index (χ4n) is 6.54. The summed E-state index contributed by atoms with van der Waals surface area (Å²) in [6.07, 6.45) is 14.8. The Hall–Kier alpha value is -1.05. The monoisotopic (exact) mass is 386 g/mol. The van der Waals surface area contributed by atoms with Gasteiger partial charge in [0, 0.05) is 6.07 Å². The Morgan fingerprint density at radius 3 is 2.21 bits per heavy atom. The maximum atomic E-state index is 14.7. The number of ether oxygens (including phenoxy) is 1. The third-order valence-electron chi connectivity index (χ3n) is 8.27. The van der Waals surface area contributed by atoms with Crippen molar-refractivity contribution in [2.75, 3.05) is 6.61 Å². The number of hydrogen-bond acceptors (Lipinski definition) is 1. The van der Waals surface area contributed by atoms with Crippen LogP contribution >= 0.6 is 0 Å². The molecule has 156 valence electrons. The first-order valence-electron chi connectivity index (χ1n) is 12.1. The number of benzene rings is 1. The van der Waals surface area contributed by atoms with E-state index in [9.17, 15) is 4.39 Å². The zero-order valence-electron chi connectivity index (χ0n) is 18.0. The number of hydrogen-bond donors (Lipinski definition) is 0. The first-order valence-corrected chi connectivity index (χ1v) is 12.1. The highest BCUT2D eigenvalue weighted by Gasteiger charge is 2.39. The lowest BCUT2D eigenvalue weighted by Gasteiger charge is -2.45. The average molecular weight is 387 g/mol. The van der Waals surface area contributed by atoms with Crippen LogP contribution in [-0.2, 0) is 0 Å². The number of rotatable bonds is 5. The molecule has 0 bridgehead atoms. The van der Waals surface area contributed by atoms with Crippen molar-refractivity contribution in [1.82, 2.24) is 0 Å². The van der Waals surface area contributed by atoms with E-state index in [0.29, 0.717) is 18.3 Å². The van der Waals surface area contributed by atoms with Crippen molar-refractivity contribution in [1.29, 1.82) is 0 Å². The Balaban J connectivity index is 1.34. The maximum absolute atomic E-state index is 14.7. The minimum Gasteiger partial charge on any atom is -0.494 e. The standard InChI is InChI=1S/C26H39FO/c1-3-14-28-24-12-13-25(26(27)17-24)23-11-10-21-15-20(8-9-22(21)16-23)19-6-4-18(2)5-7-19/h12-13,17-23H,3-11,14-16H2,1-2H3. The zero-order chi connectivity index (χ0) is 19.5. The van der Waals surface area contributed by atoms with Crippen molar-refractivity contribution in [3.63, 3.8) is 0 Å². The molecule has 0 saturated heterocycles. The van der Waals surface area contributed by atoms with Crippen molar-refractivity contribution in [3.05, 3.63) is 29.6 Å². The Morgan fingerprint density at radius 2 is 1.50 bits per heavy atom. The fourth-order valence-corrected chi connectivity index (χ4v) is 6.54. The largest absolute Gasteiger partial charge is 0.494 e. The molecule has 4 rings (SSSR count). The van der Waals surface area contributed by atoms with Crippen LogP contribution in [0.3, 0.4) is 0 Å². The highest BCUT2D eigenvalue weighted by atomic mass is 19.1. The number of fused-ring (bicyclic) bond motifs is 1. The Bertz CT molecular complexity index is 633. The Morgan fingerprint density at radius 1 is 0.857 bits per heavy atom. The van der Waals surface area contributed by atoms with E-state index < -0.39 is 0 Å². The van der Waals surface area contributed by atoms with Gasteiger partial charge in [0.25, 0.3) is 0 Å². The summed E-state index contributed by atoms with van der Waals surface area (Å²) in [4.78, 5) is 0. The summed E-state index contributed by atoms with van der Waals surface area (Å²) in [5, 5.41) is 0. The van der Waals surface area contributed by atoms with Gasteiger partial charge < -0.3 is 4.74 Å². The molecule has 3 saturated carbocycles. The molecule has 28 heavy (non-hydrogen) atoms. The summed E-state index contributed by atoms with van der Waals surface area (Å²) in [7, 11) is 0. The molecule has 0 heterocycles. The van der Waals surface area contributed by atoms with Gasteiger partial charge in [-0.25, -0.2) is 4.39 Å². The van der Waals surface area contributed by atoms with Crippen LogP contribution in [0.1, 0.15) is 96.0 Å². The van der Waals surface area contributed by atoms with Crippen LogP contribution in [0, 0.1) is 35.4 Å². The summed E-state index contributed by atoms with van der Waals surface area (Å²) in [6.45, 7) is 5.16. The van der Waals surface area contributed by atoms with Gasteiger partial charge in [-0.2, -0.15) is 0 Å². The molecule has 0 N–H and O–H groups in total. The number of halogens is 1. The van der Waals surface area contributed by atoms with Gasteiger partial charge in [-0.05, 0) is 105 Å². The van der Waals surface area contributed by atoms with Gasteiger partial charge in [0.2, 0.25) is 0 Å². The smallest absolute Gasteiger partial charge is 0.130 e. The molecule has 4 unspecified atom stereocenters. The quantitative estimate of drug-likeness (QED) is 0.503. The second kappa shape index (κ2) is 9.18. The van der Waals surface area contributed by atoms with Gasteiger partial charge in [0.1, 0.15) is 11.6 Å². The third-order valence-corrected chi connectivity index (χ3v) is 8.27. The summed E-state index contributed by atoms with van der Waals surface area (Å²) in [6, 6.07) is 5.58. The molecular weight excluding hydrogens is 347 g/mol. The lowest BCUT2D eigenvalue weighted by atomic mass is 9.60. The summed E-state index contributed by atoms with van der Waals surface area (Å²) < 4.78 is 20.3. The molecule has 0 radical (unpaired) electrons. The molecule has 4 atom stereocenters. The molecule has 3 aliphatic rings. The van der Waals surface area contributed by atoms with Crippen molar-refractivity contribution in [3.8, 4) is 5.75 Å². The van der Waals surface area contributed by atoms with Crippen LogP contribution < -0.4 is 4.74 Å². The van der Waals surface area contributed by atoms with Gasteiger partial charge in [-0.3, -0.25) is 0 Å². The first-order chi connectivity index (χ1) is 13.6. The Labute approximate surface area is 171 Å². The minimum absolute atomic E-state index is 0.0536. The highest BCUT2D eigenvalue weighted by molar-refractivity contribution is 5.31. The molecule has 3 fully saturated rings. The van der Waals surface area contributed by atoms with E-state index in [1.54, 1.807) is 6.07 Å². The first kappa shape index (κ1) is 20.2. The molecule has 0 aliphatic heterocycles. The molecule has 1 nitrogen and oxygen atoms in total. The Kier molecular flexibility index (Phi) is 6.63. The molecule has 3 aliphatic carbocycles. The maximum Gasteiger partial charge on any atom is 0.130 e. The topological polar surface area (TPSA) is 9.23 Å². The summed E-state index contributed by atoms with van der Waals surface area (Å²) in [5.41, 5.74) is 0.936. The molecule has 1 aromatic carbocycles. The normalized spacial score (nSPS) is 36.0. The fraction of sp³-hybridized carbons (Fsp3) is 0.769. The minimum atomic E-state index is -0.0536. The molecule has 1 aromatic rings. The van der Waals surface area contributed by atoms with E-state index in [1.165, 1.54) is 64.2 Å². The van der Waals surface area contributed by atoms with Gasteiger partial charge in [-0.1, -0.05) is 32.8 Å². The van der Waals surface area contributed by atoms with Crippen LogP contribution in [0.4, 0.5) is 4.39 Å². The SMILES string of the molecule is CCCOc1ccc(C2CCC3CC(C4CCC(C)CC4)CCC3C2)c(F)c1. The molecule has 0 amide bonds. The highest BCUT2D eigenvalue weighted by Crippen LogP contribution is 2.51. The molecular formula is C26H39FO. The summed E-state index contributed by atoms with van der Waals surface area (Å²) in [5.74, 6) is 5.71. The van der Waals surface area contributed by atoms with Gasteiger partial charge in [0.05, 0.1) is 6.61 Å². The molecule has 0 spiro atoms. The average Bonchev–Trinajstić information content (AvgIpc) is 2.72. The lowest BCUT2D eigenvalue weighted by Crippen LogP contribution is -2.34. The van der Waals surface area contributed by atoms with Gasteiger partial charge in [-0.15, -0.1) is 0 Å². The van der Waals surface area contributed by atoms with Crippen molar-refractivity contribution < 1.29 is 9.13 Å². The van der Waals surface area contributed by atoms with Crippen LogP contribution in [0.2, 0.25) is 0 Å². The van der Waals surface area contributed by atoms with E-state index in [1.807, 2.05) is 12.1 Å². The predicted molar refractivity (Wildman–Crippen MR) is 114 cm³/mol. The van der Waals surface area contributed by atoms with Crippen molar-refractivity contribution >= 4 is 0 Å². The van der Waals surface area contributed by atoms with Crippen LogP contribution in [0.15, 0.2) is 18.2 Å². The van der Waals surface area contributed by atoms with E-state index in [-0.39, 0.29) is 5.82 Å². The molecule has 0 aromatic heterocycles. The van der Waals surface area contributed by atoms with Crippen LogP contribution in [0.5, 0.6) is 5.75 Å². The predicted octanol–water partition coefficient (Wildman–Crippen LogP) is 7.74. The van der Waals surface area contributed by atoms with Crippen LogP contribution in [0.25, 0.3) is 0 Å².